The molecule has 0 rings (SSSR count). The number of phosphoric acid groups is 1. The molecule has 0 aliphatic rings. The molecule has 0 atom stereocenters. The zero-order valence-electron chi connectivity index (χ0n) is 14.7. The van der Waals surface area contributed by atoms with Crippen LogP contribution in [0.15, 0.2) is 0 Å². The van der Waals surface area contributed by atoms with Crippen molar-refractivity contribution in [2.75, 3.05) is 6.61 Å². The average molecular weight is 356 g/mol. The molecule has 0 aromatic heterocycles. The van der Waals surface area contributed by atoms with Gasteiger partial charge in [-0.1, -0.05) is 90.4 Å². The lowest BCUT2D eigenvalue weighted by Gasteiger charge is -2.02. The third kappa shape index (κ3) is 39.1. The van der Waals surface area contributed by atoms with Gasteiger partial charge in [0.25, 0.3) is 0 Å². The summed E-state index contributed by atoms with van der Waals surface area (Å²) < 4.78 is 8.88. The van der Waals surface area contributed by atoms with Crippen molar-refractivity contribution in [1.29, 1.82) is 0 Å². The van der Waals surface area contributed by atoms with E-state index in [0.717, 1.165) is 6.42 Å². The zero-order chi connectivity index (χ0) is 17.8. The molecule has 0 unspecified atom stereocenters. The van der Waals surface area contributed by atoms with E-state index in [-0.39, 0.29) is 0 Å². The van der Waals surface area contributed by atoms with E-state index in [0.29, 0.717) is 6.61 Å². The summed E-state index contributed by atoms with van der Waals surface area (Å²) in [5.41, 5.74) is 0. The van der Waals surface area contributed by atoms with Crippen LogP contribution in [-0.2, 0) is 9.45 Å². The second kappa shape index (κ2) is 20.1. The monoisotopic (exact) mass is 356 g/mol. The predicted octanol–water partition coefficient (Wildman–Crippen LogP) is 5.03. The van der Waals surface area contributed by atoms with E-state index >= 15 is 0 Å². The highest BCUT2D eigenvalue weighted by molar-refractivity contribution is 7.45. The normalized spacial score (nSPS) is 11.2. The van der Waals surface area contributed by atoms with Gasteiger partial charge in [-0.3, -0.25) is 5.26 Å². The third-order valence-electron chi connectivity index (χ3n) is 3.59. The van der Waals surface area contributed by atoms with Crippen molar-refractivity contribution in [3.8, 4) is 0 Å². The molecule has 23 heavy (non-hydrogen) atoms. The van der Waals surface area contributed by atoms with Crippen LogP contribution in [0.2, 0.25) is 0 Å². The van der Waals surface area contributed by atoms with Gasteiger partial charge >= 0.3 is 7.82 Å². The van der Waals surface area contributed by atoms with Gasteiger partial charge in [-0.15, -0.1) is 0 Å². The van der Waals surface area contributed by atoms with Gasteiger partial charge in [-0.25, -0.2) is 9.45 Å². The fraction of sp³-hybridized carbons (Fsp3) is 1.00. The molecule has 0 radical (unpaired) electrons. The van der Waals surface area contributed by atoms with Gasteiger partial charge < -0.3 is 14.7 Å². The molecule has 142 valence electrons. The van der Waals surface area contributed by atoms with Crippen LogP contribution < -0.4 is 0 Å². The molecule has 6 nitrogen and oxygen atoms in total. The minimum atomic E-state index is -4.64. The van der Waals surface area contributed by atoms with Gasteiger partial charge in [0, 0.05) is 0 Å². The summed E-state index contributed by atoms with van der Waals surface area (Å²) in [6.07, 6.45) is 19.0. The topological polar surface area (TPSA) is 107 Å². The minimum absolute atomic E-state index is 0.498. The van der Waals surface area contributed by atoms with Gasteiger partial charge in [0.05, 0.1) is 6.61 Å². The average Bonchev–Trinajstić information content (AvgIpc) is 2.46. The van der Waals surface area contributed by atoms with Crippen molar-refractivity contribution in [1.82, 2.24) is 0 Å². The Hall–Kier alpha value is 0.0300. The Morgan fingerprint density at radius 3 is 1.17 bits per heavy atom. The Kier molecular flexibility index (Phi) is 22.1. The van der Waals surface area contributed by atoms with Gasteiger partial charge in [0.15, 0.2) is 0 Å². The lowest BCUT2D eigenvalue weighted by Crippen LogP contribution is -1.88. The molecular formula is C16H37O6P. The van der Waals surface area contributed by atoms with Gasteiger partial charge in [-0.05, 0) is 6.42 Å². The maximum absolute atomic E-state index is 8.88. The Balaban J connectivity index is 0. The Morgan fingerprint density at radius 1 is 0.652 bits per heavy atom. The van der Waals surface area contributed by atoms with Crippen LogP contribution in [0.4, 0.5) is 0 Å². The van der Waals surface area contributed by atoms with E-state index in [1.807, 2.05) is 0 Å². The molecule has 0 aliphatic heterocycles. The molecule has 0 saturated heterocycles. The molecule has 0 saturated carbocycles. The highest BCUT2D eigenvalue weighted by Gasteiger charge is 2.00. The Labute approximate surface area is 141 Å². The third-order valence-corrected chi connectivity index (χ3v) is 3.59. The summed E-state index contributed by atoms with van der Waals surface area (Å²) in [6, 6.07) is 0. The first kappa shape index (κ1) is 25.3. The van der Waals surface area contributed by atoms with Crippen molar-refractivity contribution >= 4 is 7.82 Å². The van der Waals surface area contributed by atoms with E-state index in [1.54, 1.807) is 0 Å². The van der Waals surface area contributed by atoms with E-state index in [9.17, 15) is 0 Å². The second-order valence-corrected chi connectivity index (χ2v) is 6.97. The van der Waals surface area contributed by atoms with Gasteiger partial charge in [-0.2, -0.15) is 0 Å². The maximum Gasteiger partial charge on any atom is 0.466 e. The maximum atomic E-state index is 8.88. The SMILES string of the molecule is CCCCCCCCCCCCCCCCOO.O=P(O)(O)O. The largest absolute Gasteiger partial charge is 0.466 e. The van der Waals surface area contributed by atoms with E-state index < -0.39 is 7.82 Å². The lowest BCUT2D eigenvalue weighted by molar-refractivity contribution is -0.242. The van der Waals surface area contributed by atoms with Crippen LogP contribution in [-0.4, -0.2) is 26.5 Å². The smallest absolute Gasteiger partial charge is 0.303 e. The van der Waals surface area contributed by atoms with Crippen LogP contribution in [0.25, 0.3) is 0 Å². The first-order valence-corrected chi connectivity index (χ1v) is 10.5. The standard InChI is InChI=1S/C16H34O2.H3O4P/c1-2-3-4-5-6-7-8-9-10-11-12-13-14-15-16-18-17;1-5(2,3)4/h17H,2-16H2,1H3;(H3,1,2,3,4). The summed E-state index contributed by atoms with van der Waals surface area (Å²) >= 11 is 0. The van der Waals surface area contributed by atoms with Crippen LogP contribution >= 0.6 is 7.82 Å². The molecule has 0 aromatic carbocycles. The molecule has 0 spiro atoms. The quantitative estimate of drug-likeness (QED) is 0.142. The first-order chi connectivity index (χ1) is 10.9. The highest BCUT2D eigenvalue weighted by atomic mass is 31.2. The van der Waals surface area contributed by atoms with Gasteiger partial charge in [0.1, 0.15) is 0 Å². The van der Waals surface area contributed by atoms with Crippen molar-refractivity contribution in [3.05, 3.63) is 0 Å². The molecule has 0 bridgehead atoms. The highest BCUT2D eigenvalue weighted by Crippen LogP contribution is 2.25. The molecule has 0 amide bonds. The minimum Gasteiger partial charge on any atom is -0.303 e. The van der Waals surface area contributed by atoms with Crippen LogP contribution in [0, 0.1) is 0 Å². The van der Waals surface area contributed by atoms with E-state index in [2.05, 4.69) is 11.8 Å². The van der Waals surface area contributed by atoms with E-state index in [4.69, 9.17) is 24.5 Å². The molecule has 0 aromatic rings. The first-order valence-electron chi connectivity index (χ1n) is 8.96. The summed E-state index contributed by atoms with van der Waals surface area (Å²) in [4.78, 5) is 25.6. The molecular weight excluding hydrogens is 319 g/mol. The summed E-state index contributed by atoms with van der Waals surface area (Å²) in [5.74, 6) is 0. The predicted molar refractivity (Wildman–Crippen MR) is 93.2 cm³/mol. The zero-order valence-corrected chi connectivity index (χ0v) is 15.6. The number of hydrogen-bond acceptors (Lipinski definition) is 3. The van der Waals surface area contributed by atoms with Crippen molar-refractivity contribution in [2.24, 2.45) is 0 Å². The fourth-order valence-corrected chi connectivity index (χ4v) is 2.36. The Morgan fingerprint density at radius 2 is 0.913 bits per heavy atom. The van der Waals surface area contributed by atoms with Gasteiger partial charge in [0.2, 0.25) is 0 Å². The number of hydrogen-bond donors (Lipinski definition) is 4. The molecule has 0 fully saturated rings. The van der Waals surface area contributed by atoms with Crippen LogP contribution in [0.1, 0.15) is 96.8 Å². The summed E-state index contributed by atoms with van der Waals surface area (Å²) in [5, 5.41) is 8.16. The van der Waals surface area contributed by atoms with Crippen molar-refractivity contribution < 1.29 is 29.4 Å². The van der Waals surface area contributed by atoms with Crippen molar-refractivity contribution in [2.45, 2.75) is 96.8 Å². The van der Waals surface area contributed by atoms with Crippen LogP contribution in [0.3, 0.4) is 0 Å². The Bertz CT molecular complexity index is 233. The van der Waals surface area contributed by atoms with E-state index in [1.165, 1.54) is 83.5 Å². The summed E-state index contributed by atoms with van der Waals surface area (Å²) in [7, 11) is -4.64. The molecule has 4 N–H and O–H groups in total. The second-order valence-electron chi connectivity index (χ2n) is 5.94. The number of unbranched alkanes of at least 4 members (excludes halogenated alkanes) is 13. The molecule has 0 aliphatic carbocycles. The molecule has 7 heteroatoms. The fourth-order valence-electron chi connectivity index (χ4n) is 2.36. The molecule has 0 heterocycles. The lowest BCUT2D eigenvalue weighted by atomic mass is 10.0. The summed E-state index contributed by atoms with van der Waals surface area (Å²) in [6.45, 7) is 2.77. The van der Waals surface area contributed by atoms with Crippen molar-refractivity contribution in [3.63, 3.8) is 0 Å². The van der Waals surface area contributed by atoms with Crippen LogP contribution in [0.5, 0.6) is 0 Å². The number of rotatable bonds is 15.